The molecule has 6 heterocycles. The summed E-state index contributed by atoms with van der Waals surface area (Å²) in [6, 6.07) is 8.24. The zero-order valence-corrected chi connectivity index (χ0v) is 19.6. The predicted octanol–water partition coefficient (Wildman–Crippen LogP) is 4.66. The molecule has 0 atom stereocenters. The molecule has 7 nitrogen and oxygen atoms in total. The molecule has 1 aliphatic heterocycles. The predicted molar refractivity (Wildman–Crippen MR) is 138 cm³/mol. The molecule has 8 heteroatoms. The molecule has 35 heavy (non-hydrogen) atoms. The lowest BCUT2D eigenvalue weighted by Gasteiger charge is -2.28. The summed E-state index contributed by atoms with van der Waals surface area (Å²) in [6.45, 7) is 4.21. The summed E-state index contributed by atoms with van der Waals surface area (Å²) in [7, 11) is 0. The van der Waals surface area contributed by atoms with Crippen LogP contribution in [-0.4, -0.2) is 24.9 Å². The van der Waals surface area contributed by atoms with Gasteiger partial charge in [0.15, 0.2) is 11.5 Å². The van der Waals surface area contributed by atoms with Crippen LogP contribution in [0.15, 0.2) is 77.1 Å². The van der Waals surface area contributed by atoms with Crippen molar-refractivity contribution in [2.24, 2.45) is 10.9 Å². The molecule has 1 aliphatic carbocycles. The normalized spacial score (nSPS) is 14.7. The second-order valence-corrected chi connectivity index (χ2v) is 9.72. The summed E-state index contributed by atoms with van der Waals surface area (Å²) in [5.41, 5.74) is 8.44. The van der Waals surface area contributed by atoms with Gasteiger partial charge in [0, 0.05) is 34.4 Å². The summed E-state index contributed by atoms with van der Waals surface area (Å²) in [6.07, 6.45) is 11.0. The van der Waals surface area contributed by atoms with Crippen molar-refractivity contribution >= 4 is 33.9 Å². The molecule has 1 fully saturated rings. The van der Waals surface area contributed by atoms with Crippen molar-refractivity contribution in [3.05, 3.63) is 88.5 Å². The fraction of sp³-hybridized carbons (Fsp3) is 0.148. The average molecular weight is 476 g/mol. The Kier molecular flexibility index (Phi) is 4.60. The Hall–Kier alpha value is -4.17. The topological polar surface area (TPSA) is 91.7 Å². The Morgan fingerprint density at radius 3 is 2.86 bits per heavy atom. The zero-order valence-electron chi connectivity index (χ0n) is 18.8. The monoisotopic (exact) mass is 475 g/mol. The van der Waals surface area contributed by atoms with Gasteiger partial charge in [0.05, 0.1) is 34.6 Å². The van der Waals surface area contributed by atoms with Crippen molar-refractivity contribution in [1.29, 1.82) is 0 Å². The second kappa shape index (κ2) is 7.95. The fourth-order valence-corrected chi connectivity index (χ4v) is 5.22. The standard InChI is InChI=1S/C27H21N7S/c1-15(16-3-2-4-16)31-19-9-18(11-28-12-19)22-10-21-23(13-30-22)32-25(21)27-33-24-20(17-6-8-35-14-17)5-7-29-26(24)34-27/h5-14,16,31H,1-4H2,(H,29,33,34). The highest BCUT2D eigenvalue weighted by Crippen LogP contribution is 2.33. The molecule has 2 aliphatic rings. The van der Waals surface area contributed by atoms with E-state index in [1.807, 2.05) is 18.5 Å². The number of H-pyrrole nitrogens is 1. The lowest BCUT2D eigenvalue weighted by Crippen LogP contribution is -2.36. The van der Waals surface area contributed by atoms with E-state index in [9.17, 15) is 0 Å². The lowest BCUT2D eigenvalue weighted by molar-refractivity contribution is 0.371. The maximum Gasteiger partial charge on any atom is 0.178 e. The van der Waals surface area contributed by atoms with Crippen LogP contribution in [0.5, 0.6) is 0 Å². The summed E-state index contributed by atoms with van der Waals surface area (Å²) in [4.78, 5) is 26.4. The number of imidazole rings is 1. The van der Waals surface area contributed by atoms with E-state index in [-0.39, 0.29) is 0 Å². The molecule has 5 aromatic heterocycles. The van der Waals surface area contributed by atoms with Crippen LogP contribution in [0, 0.1) is 5.92 Å². The van der Waals surface area contributed by atoms with Gasteiger partial charge < -0.3 is 10.3 Å². The molecule has 0 amide bonds. The molecule has 0 unspecified atom stereocenters. The van der Waals surface area contributed by atoms with Gasteiger partial charge in [-0.05, 0) is 59.3 Å². The van der Waals surface area contributed by atoms with E-state index in [4.69, 9.17) is 4.98 Å². The SMILES string of the molecule is C=C(Nc1cncc(-c2cc3c(cn2)=NC=3c2nc3nccc(-c4ccsc4)c3[nH]2)c1)C1CCC1. The molecule has 5 aromatic rings. The maximum atomic E-state index is 4.74. The minimum absolute atomic E-state index is 0.561. The van der Waals surface area contributed by atoms with Gasteiger partial charge in [-0.25, -0.2) is 15.0 Å². The first-order valence-electron chi connectivity index (χ1n) is 11.6. The molecular weight excluding hydrogens is 454 g/mol. The van der Waals surface area contributed by atoms with E-state index in [2.05, 4.69) is 65.8 Å². The number of nitrogens with zero attached hydrogens (tertiary/aromatic N) is 5. The third kappa shape index (κ3) is 3.45. The van der Waals surface area contributed by atoms with Crippen LogP contribution < -0.4 is 15.9 Å². The van der Waals surface area contributed by atoms with Gasteiger partial charge in [0.25, 0.3) is 0 Å². The van der Waals surface area contributed by atoms with Crippen molar-refractivity contribution in [1.82, 2.24) is 24.9 Å². The number of fused-ring (bicyclic) bond motifs is 2. The quantitative estimate of drug-likeness (QED) is 0.373. The summed E-state index contributed by atoms with van der Waals surface area (Å²) < 4.78 is 0. The minimum Gasteiger partial charge on any atom is -0.358 e. The van der Waals surface area contributed by atoms with Crippen molar-refractivity contribution in [3.63, 3.8) is 0 Å². The number of thiophene rings is 1. The third-order valence-electron chi connectivity index (χ3n) is 6.76. The first-order valence-corrected chi connectivity index (χ1v) is 12.6. The molecule has 0 aromatic carbocycles. The van der Waals surface area contributed by atoms with Crippen LogP contribution in [0.25, 0.3) is 39.2 Å². The van der Waals surface area contributed by atoms with E-state index in [1.165, 1.54) is 19.3 Å². The molecule has 0 radical (unpaired) electrons. The van der Waals surface area contributed by atoms with Crippen LogP contribution in [0.2, 0.25) is 0 Å². The van der Waals surface area contributed by atoms with Crippen molar-refractivity contribution < 1.29 is 0 Å². The van der Waals surface area contributed by atoms with Gasteiger partial charge in [0.2, 0.25) is 0 Å². The van der Waals surface area contributed by atoms with Crippen molar-refractivity contribution in [2.75, 3.05) is 5.32 Å². The first kappa shape index (κ1) is 20.2. The molecule has 2 N–H and O–H groups in total. The molecule has 7 rings (SSSR count). The Labute approximate surface area is 205 Å². The molecule has 1 saturated carbocycles. The van der Waals surface area contributed by atoms with Crippen LogP contribution in [0.3, 0.4) is 0 Å². The molecule has 0 bridgehead atoms. The van der Waals surface area contributed by atoms with Gasteiger partial charge >= 0.3 is 0 Å². The second-order valence-electron chi connectivity index (χ2n) is 8.94. The highest BCUT2D eigenvalue weighted by Gasteiger charge is 2.21. The van der Waals surface area contributed by atoms with E-state index >= 15 is 0 Å². The number of aromatic amines is 1. The van der Waals surface area contributed by atoms with Crippen molar-refractivity contribution in [2.45, 2.75) is 19.3 Å². The smallest absolute Gasteiger partial charge is 0.178 e. The summed E-state index contributed by atoms with van der Waals surface area (Å²) >= 11 is 1.67. The molecule has 0 spiro atoms. The Morgan fingerprint density at radius 1 is 1.09 bits per heavy atom. The van der Waals surface area contributed by atoms with Crippen LogP contribution in [0.4, 0.5) is 5.69 Å². The van der Waals surface area contributed by atoms with E-state index in [1.54, 1.807) is 23.7 Å². The maximum absolute atomic E-state index is 4.74. The first-order chi connectivity index (χ1) is 17.2. The summed E-state index contributed by atoms with van der Waals surface area (Å²) in [5.74, 6) is 1.27. The Morgan fingerprint density at radius 2 is 2.03 bits per heavy atom. The lowest BCUT2D eigenvalue weighted by atomic mass is 9.83. The Bertz CT molecular complexity index is 1730. The number of pyridine rings is 3. The van der Waals surface area contributed by atoms with Gasteiger partial charge in [-0.1, -0.05) is 13.0 Å². The molecule has 0 saturated heterocycles. The van der Waals surface area contributed by atoms with E-state index in [0.717, 1.165) is 55.6 Å². The third-order valence-corrected chi connectivity index (χ3v) is 7.44. The zero-order chi connectivity index (χ0) is 23.4. The fourth-order valence-electron chi connectivity index (χ4n) is 4.57. The number of hydrogen-bond acceptors (Lipinski definition) is 7. The Balaban J connectivity index is 1.25. The van der Waals surface area contributed by atoms with Gasteiger partial charge in [-0.3, -0.25) is 9.97 Å². The number of allylic oxidation sites excluding steroid dienone is 1. The minimum atomic E-state index is 0.561. The molecular formula is C27H21N7S. The average Bonchev–Trinajstić information content (AvgIpc) is 3.49. The highest BCUT2D eigenvalue weighted by atomic mass is 32.1. The number of nitrogens with one attached hydrogen (secondary N) is 2. The highest BCUT2D eigenvalue weighted by molar-refractivity contribution is 7.08. The van der Waals surface area contributed by atoms with Gasteiger partial charge in [-0.15, -0.1) is 0 Å². The van der Waals surface area contributed by atoms with Gasteiger partial charge in [0.1, 0.15) is 5.70 Å². The van der Waals surface area contributed by atoms with E-state index < -0.39 is 0 Å². The largest absolute Gasteiger partial charge is 0.358 e. The number of rotatable bonds is 6. The number of hydrogen-bond donors (Lipinski definition) is 2. The van der Waals surface area contributed by atoms with Crippen LogP contribution in [-0.2, 0) is 0 Å². The van der Waals surface area contributed by atoms with Gasteiger partial charge in [-0.2, -0.15) is 11.3 Å². The van der Waals surface area contributed by atoms with Crippen LogP contribution >= 0.6 is 11.3 Å². The van der Waals surface area contributed by atoms with E-state index in [0.29, 0.717) is 17.4 Å². The number of anilines is 1. The van der Waals surface area contributed by atoms with Crippen LogP contribution in [0.1, 0.15) is 25.1 Å². The number of aromatic nitrogens is 5. The summed E-state index contributed by atoms with van der Waals surface area (Å²) in [5, 5.41) is 9.50. The van der Waals surface area contributed by atoms with Crippen molar-refractivity contribution in [3.8, 4) is 22.4 Å². The molecule has 170 valence electrons.